The van der Waals surface area contributed by atoms with Crippen molar-refractivity contribution in [2.24, 2.45) is 0 Å². The van der Waals surface area contributed by atoms with Crippen molar-refractivity contribution in [1.29, 1.82) is 0 Å². The van der Waals surface area contributed by atoms with Gasteiger partial charge < -0.3 is 13.9 Å². The number of carbonyl (C=O) groups is 2. The lowest BCUT2D eigenvalue weighted by Crippen LogP contribution is -2.15. The predicted molar refractivity (Wildman–Crippen MR) is 100.0 cm³/mol. The van der Waals surface area contributed by atoms with Crippen molar-refractivity contribution in [1.82, 2.24) is 0 Å². The Morgan fingerprint density at radius 2 is 1.96 bits per heavy atom. The van der Waals surface area contributed by atoms with Crippen molar-refractivity contribution in [3.05, 3.63) is 57.0 Å². The van der Waals surface area contributed by atoms with Gasteiger partial charge in [0.1, 0.15) is 5.58 Å². The summed E-state index contributed by atoms with van der Waals surface area (Å²) in [5.74, 6) is -0.790. The van der Waals surface area contributed by atoms with E-state index in [0.717, 1.165) is 15.1 Å². The molecule has 0 atom stereocenters. The van der Waals surface area contributed by atoms with Gasteiger partial charge in [0.05, 0.1) is 6.61 Å². The summed E-state index contributed by atoms with van der Waals surface area (Å²) in [4.78, 5) is 26.8. The van der Waals surface area contributed by atoms with E-state index >= 15 is 0 Å². The number of furan rings is 1. The number of hydrogen-bond donors (Lipinski definition) is 0. The highest BCUT2D eigenvalue weighted by Crippen LogP contribution is 2.27. The molecule has 1 aromatic carbocycles. The zero-order chi connectivity index (χ0) is 18.7. The molecule has 136 valence electrons. The van der Waals surface area contributed by atoms with Crippen molar-refractivity contribution in [2.75, 3.05) is 13.2 Å². The number of para-hydroxylation sites is 1. The Labute approximate surface area is 155 Å². The van der Waals surface area contributed by atoms with Gasteiger partial charge in [-0.1, -0.05) is 18.2 Å². The van der Waals surface area contributed by atoms with Crippen molar-refractivity contribution in [3.63, 3.8) is 0 Å². The minimum Gasteiger partial charge on any atom is -0.451 e. The number of esters is 1. The van der Waals surface area contributed by atoms with E-state index in [9.17, 15) is 9.59 Å². The van der Waals surface area contributed by atoms with Gasteiger partial charge >= 0.3 is 5.97 Å². The summed E-state index contributed by atoms with van der Waals surface area (Å²) in [5.41, 5.74) is 1.83. The molecule has 2 heterocycles. The molecule has 0 aliphatic carbocycles. The fraction of sp³-hybridized carbons (Fsp3) is 0.300. The molecule has 26 heavy (non-hydrogen) atoms. The molecule has 0 radical (unpaired) electrons. The summed E-state index contributed by atoms with van der Waals surface area (Å²) in [7, 11) is 0. The largest absolute Gasteiger partial charge is 0.451 e. The molecular formula is C20H20O5S. The number of carbonyl (C=O) groups excluding carboxylic acids is 2. The lowest BCUT2D eigenvalue weighted by Gasteiger charge is -2.05. The number of rotatable bonds is 7. The topological polar surface area (TPSA) is 65.7 Å². The molecule has 0 amide bonds. The van der Waals surface area contributed by atoms with Crippen molar-refractivity contribution in [3.8, 4) is 0 Å². The van der Waals surface area contributed by atoms with Crippen LogP contribution in [0.4, 0.5) is 0 Å². The third kappa shape index (κ3) is 3.71. The maximum atomic E-state index is 12.5. The van der Waals surface area contributed by atoms with E-state index in [0.29, 0.717) is 23.3 Å². The van der Waals surface area contributed by atoms with E-state index in [2.05, 4.69) is 0 Å². The van der Waals surface area contributed by atoms with Gasteiger partial charge in [-0.3, -0.25) is 4.79 Å². The Morgan fingerprint density at radius 1 is 1.19 bits per heavy atom. The molecule has 0 unspecified atom stereocenters. The number of benzene rings is 1. The third-order valence-electron chi connectivity index (χ3n) is 4.01. The first-order valence-electron chi connectivity index (χ1n) is 8.36. The number of hydrogen-bond acceptors (Lipinski definition) is 6. The minimum absolute atomic E-state index is 0.0886. The van der Waals surface area contributed by atoms with Gasteiger partial charge in [0.2, 0.25) is 11.5 Å². The van der Waals surface area contributed by atoms with Crippen LogP contribution < -0.4 is 0 Å². The van der Waals surface area contributed by atoms with Crippen LogP contribution in [0.1, 0.15) is 43.2 Å². The molecule has 0 N–H and O–H groups in total. The van der Waals surface area contributed by atoms with Crippen molar-refractivity contribution >= 4 is 34.1 Å². The Bertz CT molecular complexity index is 950. The second kappa shape index (κ2) is 7.85. The molecular weight excluding hydrogens is 352 g/mol. The molecule has 3 rings (SSSR count). The first-order valence-corrected chi connectivity index (χ1v) is 9.18. The first kappa shape index (κ1) is 18.4. The van der Waals surface area contributed by atoms with Gasteiger partial charge in [0.15, 0.2) is 6.61 Å². The number of fused-ring (bicyclic) bond motifs is 1. The molecule has 3 aromatic rings. The number of ketones is 1. The summed E-state index contributed by atoms with van der Waals surface area (Å²) in [5, 5.41) is 0.809. The van der Waals surface area contributed by atoms with E-state index in [-0.39, 0.29) is 24.8 Å². The van der Waals surface area contributed by atoms with Crippen LogP contribution in [0.2, 0.25) is 0 Å². The molecule has 0 bridgehead atoms. The smallest absolute Gasteiger partial charge is 0.375 e. The Kier molecular flexibility index (Phi) is 5.54. The predicted octanol–water partition coefficient (Wildman–Crippen LogP) is 4.69. The van der Waals surface area contributed by atoms with Crippen LogP contribution in [0, 0.1) is 13.8 Å². The highest BCUT2D eigenvalue weighted by molar-refractivity contribution is 7.12. The summed E-state index contributed by atoms with van der Waals surface area (Å²) >= 11 is 1.55. The van der Waals surface area contributed by atoms with E-state index in [4.69, 9.17) is 13.9 Å². The summed E-state index contributed by atoms with van der Waals surface area (Å²) in [6.45, 7) is 6.14. The van der Waals surface area contributed by atoms with Gasteiger partial charge in [-0.15, -0.1) is 11.3 Å². The van der Waals surface area contributed by atoms with Gasteiger partial charge in [-0.05, 0) is 32.9 Å². The highest BCUT2D eigenvalue weighted by Gasteiger charge is 2.23. The number of aryl methyl sites for hydroxylation is 2. The second-order valence-electron chi connectivity index (χ2n) is 5.87. The summed E-state index contributed by atoms with van der Waals surface area (Å²) < 4.78 is 16.3. The zero-order valence-electron chi connectivity index (χ0n) is 15.0. The lowest BCUT2D eigenvalue weighted by molar-refractivity contribution is 0.0439. The molecule has 0 spiro atoms. The SMILES string of the molecule is CCOCc1c(C(=O)OCC(=O)c2cc(C)sc2C)oc2ccccc12. The minimum atomic E-state index is -0.658. The third-order valence-corrected chi connectivity index (χ3v) is 4.98. The molecule has 0 aliphatic rings. The monoisotopic (exact) mass is 372 g/mol. The van der Waals surface area contributed by atoms with E-state index in [1.54, 1.807) is 17.4 Å². The molecule has 6 heteroatoms. The first-order chi connectivity index (χ1) is 12.5. The van der Waals surface area contributed by atoms with Crippen LogP contribution in [-0.4, -0.2) is 25.0 Å². The number of Topliss-reactive ketones (excluding diaryl/α,β-unsaturated/α-hetero) is 1. The van der Waals surface area contributed by atoms with Crippen LogP contribution in [0.15, 0.2) is 34.7 Å². The Hall–Kier alpha value is -2.44. The molecule has 0 fully saturated rings. The van der Waals surface area contributed by atoms with Crippen LogP contribution in [-0.2, 0) is 16.1 Å². The molecule has 2 aromatic heterocycles. The van der Waals surface area contributed by atoms with E-state index in [1.165, 1.54) is 0 Å². The van der Waals surface area contributed by atoms with Crippen LogP contribution in [0.3, 0.4) is 0 Å². The van der Waals surface area contributed by atoms with Gasteiger partial charge in [-0.25, -0.2) is 4.79 Å². The highest BCUT2D eigenvalue weighted by atomic mass is 32.1. The van der Waals surface area contributed by atoms with Gasteiger partial charge in [0, 0.05) is 32.9 Å². The molecule has 0 saturated carbocycles. The normalized spacial score (nSPS) is 11.0. The van der Waals surface area contributed by atoms with Crippen LogP contribution in [0.5, 0.6) is 0 Å². The molecule has 0 aliphatic heterocycles. The maximum absolute atomic E-state index is 12.5. The maximum Gasteiger partial charge on any atom is 0.375 e. The van der Waals surface area contributed by atoms with Crippen molar-refractivity contribution in [2.45, 2.75) is 27.4 Å². The molecule has 0 saturated heterocycles. The van der Waals surface area contributed by atoms with E-state index < -0.39 is 5.97 Å². The van der Waals surface area contributed by atoms with E-state index in [1.807, 2.05) is 45.0 Å². The zero-order valence-corrected chi connectivity index (χ0v) is 15.8. The van der Waals surface area contributed by atoms with Gasteiger partial charge in [-0.2, -0.15) is 0 Å². The van der Waals surface area contributed by atoms with Crippen LogP contribution in [0.25, 0.3) is 11.0 Å². The Balaban J connectivity index is 1.79. The fourth-order valence-electron chi connectivity index (χ4n) is 2.79. The standard InChI is InChI=1S/C20H20O5S/c1-4-23-10-16-14-7-5-6-8-18(14)25-19(16)20(22)24-11-17(21)15-9-12(2)26-13(15)3/h5-9H,4,10-11H2,1-3H3. The van der Waals surface area contributed by atoms with Crippen LogP contribution >= 0.6 is 11.3 Å². The summed E-state index contributed by atoms with van der Waals surface area (Å²) in [6, 6.07) is 9.17. The average molecular weight is 372 g/mol. The fourth-order valence-corrected chi connectivity index (χ4v) is 3.74. The lowest BCUT2D eigenvalue weighted by atomic mass is 10.1. The quantitative estimate of drug-likeness (QED) is 0.445. The van der Waals surface area contributed by atoms with Crippen molar-refractivity contribution < 1.29 is 23.5 Å². The summed E-state index contributed by atoms with van der Waals surface area (Å²) in [6.07, 6.45) is 0. The van der Waals surface area contributed by atoms with Gasteiger partial charge in [0.25, 0.3) is 0 Å². The molecule has 5 nitrogen and oxygen atoms in total. The average Bonchev–Trinajstić information content (AvgIpc) is 3.17. The Morgan fingerprint density at radius 3 is 2.65 bits per heavy atom. The number of ether oxygens (including phenoxy) is 2. The second-order valence-corrected chi connectivity index (χ2v) is 7.33. The number of thiophene rings is 1.